The number of nitrogens with two attached hydrogens (primary N) is 1. The number of hydrogen-bond acceptors (Lipinski definition) is 8. The molecule has 34 heavy (non-hydrogen) atoms. The summed E-state index contributed by atoms with van der Waals surface area (Å²) in [5.74, 6) is -0.625. The Kier molecular flexibility index (Phi) is 7.50. The van der Waals surface area contributed by atoms with Crippen LogP contribution in [-0.2, 0) is 26.2 Å². The van der Waals surface area contributed by atoms with E-state index in [9.17, 15) is 27.1 Å². The van der Waals surface area contributed by atoms with Crippen LogP contribution in [0.4, 0.5) is 0 Å². The van der Waals surface area contributed by atoms with Crippen molar-refractivity contribution in [3.8, 4) is 0 Å². The first-order chi connectivity index (χ1) is 16.1. The Morgan fingerprint density at radius 1 is 1.18 bits per heavy atom. The molecule has 0 spiro atoms. The number of hydrogen-bond donors (Lipinski definition) is 3. The molecule has 3 aliphatic rings. The summed E-state index contributed by atoms with van der Waals surface area (Å²) < 4.78 is 48.1. The van der Waals surface area contributed by atoms with Crippen molar-refractivity contribution >= 4 is 32.4 Å². The molecule has 3 fully saturated rings. The molecule has 13 heteroatoms. The number of pyridine rings is 1. The Hall–Kier alpha value is -1.77. The molecular formula is C21H33N5O6S2. The van der Waals surface area contributed by atoms with E-state index in [-0.39, 0.29) is 61.1 Å². The van der Waals surface area contributed by atoms with Gasteiger partial charge in [-0.05, 0) is 37.0 Å². The van der Waals surface area contributed by atoms with Crippen LogP contribution in [0.15, 0.2) is 23.4 Å². The van der Waals surface area contributed by atoms with Crippen LogP contribution in [0.5, 0.6) is 0 Å². The number of carbonyl (C=O) groups excluding carboxylic acids is 2. The van der Waals surface area contributed by atoms with Gasteiger partial charge >= 0.3 is 0 Å². The highest BCUT2D eigenvalue weighted by Crippen LogP contribution is 2.41. The molecule has 4 heterocycles. The van der Waals surface area contributed by atoms with Gasteiger partial charge in [0, 0.05) is 57.9 Å². The van der Waals surface area contributed by atoms with Crippen molar-refractivity contribution in [2.45, 2.75) is 43.3 Å². The molecule has 1 aromatic rings. The van der Waals surface area contributed by atoms with Crippen LogP contribution < -0.4 is 5.73 Å². The van der Waals surface area contributed by atoms with Crippen LogP contribution in [-0.4, -0.2) is 98.7 Å². The molecular weight excluding hydrogens is 482 g/mol. The molecule has 0 aromatic carbocycles. The minimum atomic E-state index is -4.02. The van der Waals surface area contributed by atoms with Gasteiger partial charge in [0.1, 0.15) is 0 Å². The average Bonchev–Trinajstić information content (AvgIpc) is 2.83. The molecule has 4 rings (SSSR count). The SMILES string of the molecule is NCc1ccnc(S(=O)(=O)N2CC(C(=O)N3CCS(O)(O)CC3)CC(N3CCCCC3=O)C2)c1. The van der Waals surface area contributed by atoms with Crippen molar-refractivity contribution in [1.29, 1.82) is 0 Å². The van der Waals surface area contributed by atoms with Gasteiger partial charge in [0.15, 0.2) is 5.03 Å². The lowest BCUT2D eigenvalue weighted by Crippen LogP contribution is -2.58. The number of piperidine rings is 2. The smallest absolute Gasteiger partial charge is 0.260 e. The Morgan fingerprint density at radius 3 is 2.59 bits per heavy atom. The number of aromatic nitrogens is 1. The van der Waals surface area contributed by atoms with Crippen molar-refractivity contribution in [3.05, 3.63) is 23.9 Å². The molecule has 0 bridgehead atoms. The molecule has 1 aromatic heterocycles. The fraction of sp³-hybridized carbons (Fsp3) is 0.667. The van der Waals surface area contributed by atoms with Crippen LogP contribution in [0, 0.1) is 5.92 Å². The van der Waals surface area contributed by atoms with Gasteiger partial charge in [0.25, 0.3) is 10.0 Å². The van der Waals surface area contributed by atoms with Crippen LogP contribution in [0.2, 0.25) is 0 Å². The highest BCUT2D eigenvalue weighted by Gasteiger charge is 2.43. The topological polar surface area (TPSA) is 157 Å². The number of rotatable bonds is 5. The van der Waals surface area contributed by atoms with Gasteiger partial charge in [0.2, 0.25) is 11.8 Å². The van der Waals surface area contributed by atoms with E-state index in [2.05, 4.69) is 4.98 Å². The van der Waals surface area contributed by atoms with E-state index < -0.39 is 32.6 Å². The predicted molar refractivity (Wildman–Crippen MR) is 128 cm³/mol. The highest BCUT2D eigenvalue weighted by molar-refractivity contribution is 8.24. The first-order valence-corrected chi connectivity index (χ1v) is 14.9. The molecule has 3 aliphatic heterocycles. The van der Waals surface area contributed by atoms with Gasteiger partial charge in [-0.2, -0.15) is 14.9 Å². The molecule has 3 saturated heterocycles. The molecule has 2 atom stereocenters. The van der Waals surface area contributed by atoms with Gasteiger partial charge in [-0.15, -0.1) is 0 Å². The van der Waals surface area contributed by atoms with E-state index in [1.807, 2.05) is 0 Å². The summed E-state index contributed by atoms with van der Waals surface area (Å²) in [6, 6.07) is 2.68. The molecule has 0 saturated carbocycles. The first-order valence-electron chi connectivity index (χ1n) is 11.6. The van der Waals surface area contributed by atoms with Crippen molar-refractivity contribution in [3.63, 3.8) is 0 Å². The fourth-order valence-corrected chi connectivity index (χ4v) is 7.64. The van der Waals surface area contributed by atoms with Gasteiger partial charge in [-0.25, -0.2) is 13.4 Å². The quantitative estimate of drug-likeness (QED) is 0.512. The van der Waals surface area contributed by atoms with Gasteiger partial charge in [-0.1, -0.05) is 0 Å². The fourth-order valence-electron chi connectivity index (χ4n) is 4.90. The second kappa shape index (κ2) is 10.1. The van der Waals surface area contributed by atoms with Gasteiger partial charge < -0.3 is 15.5 Å². The second-order valence-electron chi connectivity index (χ2n) is 9.19. The van der Waals surface area contributed by atoms with E-state index in [1.165, 1.54) is 16.6 Å². The number of carbonyl (C=O) groups is 2. The molecule has 0 radical (unpaired) electrons. The summed E-state index contributed by atoms with van der Waals surface area (Å²) in [6.07, 6.45) is 3.85. The summed E-state index contributed by atoms with van der Waals surface area (Å²) in [4.78, 5) is 33.4. The lowest BCUT2D eigenvalue weighted by Gasteiger charge is -2.45. The minimum absolute atomic E-state index is 0.0129. The summed E-state index contributed by atoms with van der Waals surface area (Å²) in [5, 5.41) is -0.126. The van der Waals surface area contributed by atoms with E-state index >= 15 is 0 Å². The van der Waals surface area contributed by atoms with Gasteiger partial charge in [0.05, 0.1) is 17.4 Å². The van der Waals surface area contributed by atoms with E-state index in [0.29, 0.717) is 24.9 Å². The van der Waals surface area contributed by atoms with Crippen molar-refractivity contribution < 1.29 is 27.1 Å². The standard InChI is InChI=1S/C21H33N5O6S2/c22-13-16-4-5-23-19(11-16)34(31,32)25-14-17(21(28)24-7-9-33(29,30)10-8-24)12-18(15-25)26-6-2-1-3-20(26)27/h4-5,11,17-18,29-30H,1-3,6-10,12-15,22H2. The summed E-state index contributed by atoms with van der Waals surface area (Å²) in [6.45, 7) is 1.25. The van der Waals surface area contributed by atoms with Crippen molar-refractivity contribution in [2.75, 3.05) is 44.2 Å². The molecule has 11 nitrogen and oxygen atoms in total. The lowest BCUT2D eigenvalue weighted by molar-refractivity contribution is -0.142. The third kappa shape index (κ3) is 5.39. The van der Waals surface area contributed by atoms with Crippen LogP contribution >= 0.6 is 10.6 Å². The van der Waals surface area contributed by atoms with Crippen LogP contribution in [0.3, 0.4) is 0 Å². The number of sulfonamides is 1. The maximum Gasteiger partial charge on any atom is 0.260 e. The largest absolute Gasteiger partial charge is 0.339 e. The maximum atomic E-state index is 13.5. The summed E-state index contributed by atoms with van der Waals surface area (Å²) in [7, 11) is -6.68. The third-order valence-corrected chi connectivity index (χ3v) is 10.3. The zero-order valence-electron chi connectivity index (χ0n) is 19.1. The van der Waals surface area contributed by atoms with Crippen molar-refractivity contribution in [2.24, 2.45) is 11.7 Å². The molecule has 190 valence electrons. The maximum absolute atomic E-state index is 13.5. The predicted octanol–water partition coefficient (Wildman–Crippen LogP) is 0.525. The molecule has 4 N–H and O–H groups in total. The highest BCUT2D eigenvalue weighted by atomic mass is 32.3. The van der Waals surface area contributed by atoms with Crippen LogP contribution in [0.25, 0.3) is 0 Å². The average molecular weight is 516 g/mol. The number of nitrogens with zero attached hydrogens (tertiary/aromatic N) is 4. The van der Waals surface area contributed by atoms with Crippen molar-refractivity contribution in [1.82, 2.24) is 19.1 Å². The zero-order valence-corrected chi connectivity index (χ0v) is 20.7. The second-order valence-corrected chi connectivity index (χ2v) is 13.5. The molecule has 2 unspecified atom stereocenters. The number of likely N-dealkylation sites (tertiary alicyclic amines) is 1. The zero-order chi connectivity index (χ0) is 24.5. The summed E-state index contributed by atoms with van der Waals surface area (Å²) >= 11 is 0. The Morgan fingerprint density at radius 2 is 1.91 bits per heavy atom. The first kappa shape index (κ1) is 25.3. The van der Waals surface area contributed by atoms with Crippen LogP contribution in [0.1, 0.15) is 31.2 Å². The Labute approximate surface area is 201 Å². The minimum Gasteiger partial charge on any atom is -0.339 e. The Bertz CT molecular complexity index is 1030. The molecule has 2 amide bonds. The Balaban J connectivity index is 1.60. The van der Waals surface area contributed by atoms with E-state index in [1.54, 1.807) is 15.9 Å². The molecule has 0 aliphatic carbocycles. The third-order valence-electron chi connectivity index (χ3n) is 6.87. The lowest BCUT2D eigenvalue weighted by atomic mass is 9.92. The monoisotopic (exact) mass is 515 g/mol. The summed E-state index contributed by atoms with van der Waals surface area (Å²) in [5.41, 5.74) is 6.31. The number of amides is 2. The van der Waals surface area contributed by atoms with Gasteiger partial charge in [-0.3, -0.25) is 18.7 Å². The normalized spacial score (nSPS) is 27.4. The van der Waals surface area contributed by atoms with E-state index in [4.69, 9.17) is 5.73 Å². The van der Waals surface area contributed by atoms with E-state index in [0.717, 1.165) is 12.8 Å².